The average molecular weight is 451 g/mol. The number of anilines is 1. The molecule has 0 aromatic heterocycles. The van der Waals surface area contributed by atoms with Gasteiger partial charge in [-0.15, -0.1) is 0 Å². The number of benzene rings is 4. The number of rotatable bonds is 8. The van der Waals surface area contributed by atoms with Gasteiger partial charge in [0, 0.05) is 28.4 Å². The van der Waals surface area contributed by atoms with Crippen molar-refractivity contribution in [3.8, 4) is 11.5 Å². The highest BCUT2D eigenvalue weighted by molar-refractivity contribution is 6.09. The normalized spacial score (nSPS) is 10.2. The molecule has 0 aliphatic carbocycles. The SMILES string of the molecule is O=C(COc1cccc(NC(=O)c2ccccc2)c1)Oc1ccc(C(=O)c2ccccc2)cc1. The van der Waals surface area contributed by atoms with E-state index in [2.05, 4.69) is 5.32 Å². The first-order chi connectivity index (χ1) is 16.6. The van der Waals surface area contributed by atoms with E-state index in [1.54, 1.807) is 97.1 Å². The standard InChI is InChI=1S/C28H21NO5/c30-26(34-24-16-14-21(15-17-24)27(31)20-8-3-1-4-9-20)19-33-25-13-7-12-23(18-25)29-28(32)22-10-5-2-6-11-22/h1-18H,19H2,(H,29,32). The molecular weight excluding hydrogens is 430 g/mol. The summed E-state index contributed by atoms with van der Waals surface area (Å²) >= 11 is 0. The fraction of sp³-hybridized carbons (Fsp3) is 0.0357. The Morgan fingerprint density at radius 3 is 1.91 bits per heavy atom. The zero-order chi connectivity index (χ0) is 23.8. The van der Waals surface area contributed by atoms with Gasteiger partial charge in [-0.2, -0.15) is 0 Å². The lowest BCUT2D eigenvalue weighted by Crippen LogP contribution is -2.18. The van der Waals surface area contributed by atoms with Crippen LogP contribution in [0.2, 0.25) is 0 Å². The Morgan fingerprint density at radius 1 is 0.618 bits per heavy atom. The van der Waals surface area contributed by atoms with E-state index in [1.807, 2.05) is 12.1 Å². The fourth-order valence-electron chi connectivity index (χ4n) is 3.19. The molecule has 0 heterocycles. The quantitative estimate of drug-likeness (QED) is 0.228. The van der Waals surface area contributed by atoms with Gasteiger partial charge in [-0.25, -0.2) is 4.79 Å². The van der Waals surface area contributed by atoms with Crippen LogP contribution in [0.1, 0.15) is 26.3 Å². The molecule has 4 aromatic rings. The lowest BCUT2D eigenvalue weighted by atomic mass is 10.0. The Balaban J connectivity index is 1.30. The second-order valence-corrected chi connectivity index (χ2v) is 7.33. The summed E-state index contributed by atoms with van der Waals surface area (Å²) in [4.78, 5) is 36.9. The molecule has 0 atom stereocenters. The van der Waals surface area contributed by atoms with Crippen molar-refractivity contribution in [2.75, 3.05) is 11.9 Å². The van der Waals surface area contributed by atoms with Crippen molar-refractivity contribution >= 4 is 23.3 Å². The summed E-state index contributed by atoms with van der Waals surface area (Å²) in [6.07, 6.45) is 0. The number of amides is 1. The van der Waals surface area contributed by atoms with Crippen LogP contribution in [0.3, 0.4) is 0 Å². The molecule has 0 saturated heterocycles. The Kier molecular flexibility index (Phi) is 7.10. The number of carbonyl (C=O) groups excluding carboxylic acids is 3. The largest absolute Gasteiger partial charge is 0.482 e. The Morgan fingerprint density at radius 2 is 1.24 bits per heavy atom. The number of esters is 1. The van der Waals surface area contributed by atoms with Crippen molar-refractivity contribution in [1.29, 1.82) is 0 Å². The molecule has 34 heavy (non-hydrogen) atoms. The topological polar surface area (TPSA) is 81.7 Å². The van der Waals surface area contributed by atoms with Gasteiger partial charge in [0.05, 0.1) is 0 Å². The number of hydrogen-bond donors (Lipinski definition) is 1. The summed E-state index contributed by atoms with van der Waals surface area (Å²) < 4.78 is 10.8. The molecule has 0 saturated carbocycles. The van der Waals surface area contributed by atoms with Crippen LogP contribution in [0.15, 0.2) is 109 Å². The molecule has 0 aliphatic rings. The van der Waals surface area contributed by atoms with E-state index < -0.39 is 5.97 Å². The van der Waals surface area contributed by atoms with E-state index in [-0.39, 0.29) is 18.3 Å². The molecule has 4 rings (SSSR count). The highest BCUT2D eigenvalue weighted by atomic mass is 16.6. The first-order valence-corrected chi connectivity index (χ1v) is 10.6. The molecule has 1 N–H and O–H groups in total. The van der Waals surface area contributed by atoms with Crippen LogP contribution >= 0.6 is 0 Å². The maximum Gasteiger partial charge on any atom is 0.349 e. The predicted molar refractivity (Wildman–Crippen MR) is 128 cm³/mol. The number of hydrogen-bond acceptors (Lipinski definition) is 5. The number of carbonyl (C=O) groups is 3. The fourth-order valence-corrected chi connectivity index (χ4v) is 3.19. The van der Waals surface area contributed by atoms with Crippen molar-refractivity contribution in [3.05, 3.63) is 126 Å². The second-order valence-electron chi connectivity index (χ2n) is 7.33. The smallest absolute Gasteiger partial charge is 0.349 e. The third-order valence-electron chi connectivity index (χ3n) is 4.87. The van der Waals surface area contributed by atoms with Crippen molar-refractivity contribution < 1.29 is 23.9 Å². The average Bonchev–Trinajstić information content (AvgIpc) is 2.89. The van der Waals surface area contributed by atoms with Crippen LogP contribution in [0, 0.1) is 0 Å². The van der Waals surface area contributed by atoms with E-state index in [0.717, 1.165) is 0 Å². The Labute approximate surface area is 196 Å². The van der Waals surface area contributed by atoms with E-state index >= 15 is 0 Å². The van der Waals surface area contributed by atoms with Crippen molar-refractivity contribution in [2.45, 2.75) is 0 Å². The third kappa shape index (κ3) is 5.95. The molecule has 0 aliphatic heterocycles. The molecule has 168 valence electrons. The number of ether oxygens (including phenoxy) is 2. The van der Waals surface area contributed by atoms with Gasteiger partial charge in [-0.05, 0) is 48.5 Å². The van der Waals surface area contributed by atoms with Gasteiger partial charge < -0.3 is 14.8 Å². The van der Waals surface area contributed by atoms with Crippen LogP contribution in [0.25, 0.3) is 0 Å². The zero-order valence-corrected chi connectivity index (χ0v) is 18.1. The van der Waals surface area contributed by atoms with Crippen LogP contribution in [-0.4, -0.2) is 24.3 Å². The summed E-state index contributed by atoms with van der Waals surface area (Å²) in [5.41, 5.74) is 2.16. The van der Waals surface area contributed by atoms with Gasteiger partial charge in [-0.3, -0.25) is 9.59 Å². The van der Waals surface area contributed by atoms with Crippen LogP contribution < -0.4 is 14.8 Å². The molecule has 4 aromatic carbocycles. The van der Waals surface area contributed by atoms with Crippen LogP contribution in [0.4, 0.5) is 5.69 Å². The van der Waals surface area contributed by atoms with Gasteiger partial charge in [-0.1, -0.05) is 54.6 Å². The Bertz CT molecular complexity index is 1290. The highest BCUT2D eigenvalue weighted by Gasteiger charge is 2.11. The van der Waals surface area contributed by atoms with Crippen molar-refractivity contribution in [2.24, 2.45) is 0 Å². The van der Waals surface area contributed by atoms with Gasteiger partial charge >= 0.3 is 5.97 Å². The van der Waals surface area contributed by atoms with Crippen molar-refractivity contribution in [1.82, 2.24) is 0 Å². The summed E-state index contributed by atoms with van der Waals surface area (Å²) in [5, 5.41) is 2.79. The van der Waals surface area contributed by atoms with E-state index in [9.17, 15) is 14.4 Å². The number of ketones is 1. The molecule has 6 heteroatoms. The summed E-state index contributed by atoms with van der Waals surface area (Å²) in [7, 11) is 0. The molecule has 0 spiro atoms. The Hall–Kier alpha value is -4.71. The molecule has 0 radical (unpaired) electrons. The molecular formula is C28H21NO5. The van der Waals surface area contributed by atoms with E-state index in [0.29, 0.717) is 33.9 Å². The monoisotopic (exact) mass is 451 g/mol. The van der Waals surface area contributed by atoms with E-state index in [4.69, 9.17) is 9.47 Å². The summed E-state index contributed by atoms with van der Waals surface area (Å²) in [6.45, 7) is -0.319. The summed E-state index contributed by atoms with van der Waals surface area (Å²) in [5.74, 6) is -0.234. The minimum atomic E-state index is -0.596. The van der Waals surface area contributed by atoms with Crippen LogP contribution in [0.5, 0.6) is 11.5 Å². The minimum Gasteiger partial charge on any atom is -0.482 e. The number of nitrogens with one attached hydrogen (secondary N) is 1. The van der Waals surface area contributed by atoms with Gasteiger partial charge in [0.15, 0.2) is 12.4 Å². The van der Waals surface area contributed by atoms with Gasteiger partial charge in [0.2, 0.25) is 0 Å². The highest BCUT2D eigenvalue weighted by Crippen LogP contribution is 2.19. The molecule has 1 amide bonds. The zero-order valence-electron chi connectivity index (χ0n) is 18.1. The molecule has 0 unspecified atom stereocenters. The molecule has 6 nitrogen and oxygen atoms in total. The van der Waals surface area contributed by atoms with Crippen molar-refractivity contribution in [3.63, 3.8) is 0 Å². The first-order valence-electron chi connectivity index (χ1n) is 10.6. The first kappa shape index (κ1) is 22.5. The van der Waals surface area contributed by atoms with Crippen LogP contribution in [-0.2, 0) is 4.79 Å². The molecule has 0 bridgehead atoms. The third-order valence-corrected chi connectivity index (χ3v) is 4.87. The second kappa shape index (κ2) is 10.7. The van der Waals surface area contributed by atoms with Gasteiger partial charge in [0.25, 0.3) is 5.91 Å². The predicted octanol–water partition coefficient (Wildman–Crippen LogP) is 5.15. The van der Waals surface area contributed by atoms with E-state index in [1.165, 1.54) is 0 Å². The summed E-state index contributed by atoms with van der Waals surface area (Å²) in [6, 6.07) is 30.9. The maximum atomic E-state index is 12.5. The molecule has 0 fully saturated rings. The lowest BCUT2D eigenvalue weighted by Gasteiger charge is -2.10. The maximum absolute atomic E-state index is 12.5. The van der Waals surface area contributed by atoms with Gasteiger partial charge in [0.1, 0.15) is 11.5 Å². The minimum absolute atomic E-state index is 0.110. The lowest BCUT2D eigenvalue weighted by molar-refractivity contribution is -0.136.